The van der Waals surface area contributed by atoms with Gasteiger partial charge in [-0.25, -0.2) is 0 Å². The zero-order valence-electron chi connectivity index (χ0n) is 22.4. The molecule has 5 rings (SSSR count). The molecule has 3 aromatic rings. The van der Waals surface area contributed by atoms with Crippen molar-refractivity contribution in [1.29, 1.82) is 0 Å². The number of hydrogen-bond donors (Lipinski definition) is 13. The van der Waals surface area contributed by atoms with Gasteiger partial charge in [0.2, 0.25) is 0 Å². The van der Waals surface area contributed by atoms with Crippen LogP contribution in [0.2, 0.25) is 0 Å². The van der Waals surface area contributed by atoms with Crippen LogP contribution in [0.4, 0.5) is 0 Å². The van der Waals surface area contributed by atoms with Crippen LogP contribution in [0.1, 0.15) is 23.3 Å². The van der Waals surface area contributed by atoms with Crippen molar-refractivity contribution in [2.75, 3.05) is 13.2 Å². The third-order valence-electron chi connectivity index (χ3n) is 7.90. The normalized spacial score (nSPS) is 32.6. The lowest BCUT2D eigenvalue weighted by molar-refractivity contribution is -0.234. The van der Waals surface area contributed by atoms with Gasteiger partial charge < -0.3 is 80.3 Å². The number of phenols is 5. The molecule has 2 saturated heterocycles. The van der Waals surface area contributed by atoms with E-state index in [0.29, 0.717) is 0 Å². The maximum absolute atomic E-state index is 13.5. The molecule has 2 aliphatic rings. The summed E-state index contributed by atoms with van der Waals surface area (Å²) >= 11 is 0. The standard InChI is InChI=1S/C27H30O17/c28-4-11-17(34)21(38)23(40)26(43-11)14-19(36)13-7(30)3-10(6-1-8(31)16(33)9(32)2-6)42-25(13)15(20(14)37)27-24(41)22(39)18(35)12(5-29)44-27/h1-3,11-12,17-18,21-24,26-29,31-41H,4-5H2/t11-,12-,17-,18-,21+,22+,23-,24-,26+,27+/m1/s1. The average Bonchev–Trinajstić information content (AvgIpc) is 2.99. The van der Waals surface area contributed by atoms with Gasteiger partial charge in [0.15, 0.2) is 28.3 Å². The Labute approximate surface area is 245 Å². The minimum absolute atomic E-state index is 0.200. The summed E-state index contributed by atoms with van der Waals surface area (Å²) in [5.41, 5.74) is -3.46. The highest BCUT2D eigenvalue weighted by molar-refractivity contribution is 5.92. The third-order valence-corrected chi connectivity index (χ3v) is 7.90. The van der Waals surface area contributed by atoms with Gasteiger partial charge in [0.25, 0.3) is 0 Å². The van der Waals surface area contributed by atoms with Crippen LogP contribution in [0.25, 0.3) is 22.3 Å². The summed E-state index contributed by atoms with van der Waals surface area (Å²) in [4.78, 5) is 13.5. The first kappa shape index (κ1) is 31.7. The molecule has 17 heteroatoms. The molecule has 3 heterocycles. The Morgan fingerprint density at radius 3 is 1.55 bits per heavy atom. The summed E-state index contributed by atoms with van der Waals surface area (Å²) in [5.74, 6) is -5.13. The largest absolute Gasteiger partial charge is 0.507 e. The number of hydrogen-bond acceptors (Lipinski definition) is 17. The fourth-order valence-electron chi connectivity index (χ4n) is 5.51. The number of benzene rings is 2. The summed E-state index contributed by atoms with van der Waals surface area (Å²) < 4.78 is 16.8. The first-order valence-corrected chi connectivity index (χ1v) is 13.1. The maximum Gasteiger partial charge on any atom is 0.200 e. The molecule has 10 atom stereocenters. The van der Waals surface area contributed by atoms with Gasteiger partial charge in [-0.05, 0) is 12.1 Å². The van der Waals surface area contributed by atoms with Gasteiger partial charge in [0, 0.05) is 11.6 Å². The van der Waals surface area contributed by atoms with Crippen molar-refractivity contribution >= 4 is 11.0 Å². The number of fused-ring (bicyclic) bond motifs is 1. The van der Waals surface area contributed by atoms with Crippen LogP contribution in [0, 0.1) is 0 Å². The number of aliphatic hydroxyl groups excluding tert-OH is 8. The fourth-order valence-corrected chi connectivity index (χ4v) is 5.51. The van der Waals surface area contributed by atoms with E-state index in [0.717, 1.165) is 18.2 Å². The molecule has 0 saturated carbocycles. The Bertz CT molecular complexity index is 1590. The number of rotatable bonds is 5. The van der Waals surface area contributed by atoms with Gasteiger partial charge >= 0.3 is 0 Å². The molecule has 240 valence electrons. The van der Waals surface area contributed by atoms with Gasteiger partial charge in [-0.1, -0.05) is 0 Å². The second kappa shape index (κ2) is 11.6. The van der Waals surface area contributed by atoms with Crippen molar-refractivity contribution in [3.8, 4) is 40.1 Å². The predicted octanol–water partition coefficient (Wildman–Crippen LogP) is -2.98. The molecule has 0 aliphatic carbocycles. The predicted molar refractivity (Wildman–Crippen MR) is 142 cm³/mol. The summed E-state index contributed by atoms with van der Waals surface area (Å²) in [7, 11) is 0. The molecule has 0 spiro atoms. The SMILES string of the molecule is O=c1cc(-c2cc(O)c(O)c(O)c2)oc2c([C@@H]3O[C@H](CO)[C@@H](O)[C@H](O)[C@H]3O)c(O)c([C@@H]3O[C@H](CO)[C@@H](O)[C@H](O)[C@H]3O)c(O)c12. The molecule has 0 amide bonds. The first-order chi connectivity index (χ1) is 20.7. The lowest BCUT2D eigenvalue weighted by Gasteiger charge is -2.42. The summed E-state index contributed by atoms with van der Waals surface area (Å²) in [6.45, 7) is -1.80. The Morgan fingerprint density at radius 1 is 0.591 bits per heavy atom. The van der Waals surface area contributed by atoms with Crippen LogP contribution >= 0.6 is 0 Å². The van der Waals surface area contributed by atoms with Crippen molar-refractivity contribution in [1.82, 2.24) is 0 Å². The molecule has 2 aliphatic heterocycles. The zero-order chi connectivity index (χ0) is 32.4. The van der Waals surface area contributed by atoms with E-state index in [9.17, 15) is 71.2 Å². The molecule has 0 radical (unpaired) electrons. The van der Waals surface area contributed by atoms with Crippen molar-refractivity contribution in [2.24, 2.45) is 0 Å². The van der Waals surface area contributed by atoms with Crippen molar-refractivity contribution in [2.45, 2.75) is 61.0 Å². The number of aromatic hydroxyl groups is 5. The van der Waals surface area contributed by atoms with Gasteiger partial charge in [-0.15, -0.1) is 0 Å². The Balaban J connectivity index is 1.84. The highest BCUT2D eigenvalue weighted by atomic mass is 16.6. The summed E-state index contributed by atoms with van der Waals surface area (Å²) in [6, 6.07) is 2.57. The van der Waals surface area contributed by atoms with E-state index in [2.05, 4.69) is 0 Å². The second-order valence-electron chi connectivity index (χ2n) is 10.6. The molecule has 13 N–H and O–H groups in total. The van der Waals surface area contributed by atoms with E-state index >= 15 is 0 Å². The van der Waals surface area contributed by atoms with Crippen LogP contribution in [0.3, 0.4) is 0 Å². The molecule has 0 unspecified atom stereocenters. The molecule has 17 nitrogen and oxygen atoms in total. The molecule has 2 aromatic carbocycles. The second-order valence-corrected chi connectivity index (χ2v) is 10.6. The van der Waals surface area contributed by atoms with Crippen molar-refractivity contribution < 1.29 is 80.3 Å². The minimum Gasteiger partial charge on any atom is -0.507 e. The number of ether oxygens (including phenoxy) is 2. The van der Waals surface area contributed by atoms with Crippen LogP contribution in [0.5, 0.6) is 28.7 Å². The Morgan fingerprint density at radius 2 is 1.07 bits per heavy atom. The maximum atomic E-state index is 13.5. The molecule has 0 bridgehead atoms. The van der Waals surface area contributed by atoms with E-state index in [1.807, 2.05) is 0 Å². The van der Waals surface area contributed by atoms with Crippen LogP contribution in [-0.2, 0) is 9.47 Å². The topological polar surface area (TPSA) is 312 Å². The monoisotopic (exact) mass is 626 g/mol. The van der Waals surface area contributed by atoms with Gasteiger partial charge in [-0.2, -0.15) is 0 Å². The number of phenolic OH excluding ortho intramolecular Hbond substituents is 5. The fraction of sp³-hybridized carbons (Fsp3) is 0.444. The minimum atomic E-state index is -2.09. The molecule has 44 heavy (non-hydrogen) atoms. The van der Waals surface area contributed by atoms with Crippen LogP contribution < -0.4 is 5.43 Å². The van der Waals surface area contributed by atoms with Crippen molar-refractivity contribution in [3.05, 3.63) is 39.5 Å². The van der Waals surface area contributed by atoms with Crippen LogP contribution in [-0.4, -0.2) is 128 Å². The zero-order valence-corrected chi connectivity index (χ0v) is 22.4. The van der Waals surface area contributed by atoms with Gasteiger partial charge in [0.1, 0.15) is 83.7 Å². The third kappa shape index (κ3) is 4.88. The highest BCUT2D eigenvalue weighted by Crippen LogP contribution is 2.51. The molecular weight excluding hydrogens is 596 g/mol. The van der Waals surface area contributed by atoms with E-state index in [-0.39, 0.29) is 5.56 Å². The van der Waals surface area contributed by atoms with E-state index in [1.54, 1.807) is 0 Å². The van der Waals surface area contributed by atoms with E-state index in [4.69, 9.17) is 13.9 Å². The van der Waals surface area contributed by atoms with Gasteiger partial charge in [-0.3, -0.25) is 4.79 Å². The van der Waals surface area contributed by atoms with Gasteiger partial charge in [0.05, 0.1) is 24.3 Å². The lowest BCUT2D eigenvalue weighted by Crippen LogP contribution is -2.55. The quantitative estimate of drug-likeness (QED) is 0.126. The average molecular weight is 627 g/mol. The Hall–Kier alpha value is -3.75. The summed E-state index contributed by atoms with van der Waals surface area (Å²) in [5, 5.41) is 134. The van der Waals surface area contributed by atoms with E-state index in [1.165, 1.54) is 0 Å². The molecular formula is C27H30O17. The Kier molecular flexibility index (Phi) is 8.37. The number of aliphatic hydroxyl groups is 8. The van der Waals surface area contributed by atoms with E-state index < -0.39 is 136 Å². The van der Waals surface area contributed by atoms with Crippen molar-refractivity contribution in [3.63, 3.8) is 0 Å². The van der Waals surface area contributed by atoms with Crippen LogP contribution in [0.15, 0.2) is 27.4 Å². The lowest BCUT2D eigenvalue weighted by atomic mass is 9.85. The summed E-state index contributed by atoms with van der Waals surface area (Å²) in [6.07, 6.45) is -18.8. The molecule has 2 fully saturated rings. The molecule has 1 aromatic heterocycles. The highest BCUT2D eigenvalue weighted by Gasteiger charge is 2.50. The smallest absolute Gasteiger partial charge is 0.200 e. The first-order valence-electron chi connectivity index (χ1n) is 13.1.